The van der Waals surface area contributed by atoms with Crippen LogP contribution in [0.3, 0.4) is 0 Å². The van der Waals surface area contributed by atoms with Gasteiger partial charge < -0.3 is 25.4 Å². The number of aliphatic hydroxyl groups is 2. The van der Waals surface area contributed by atoms with Gasteiger partial charge in [0.15, 0.2) is 12.2 Å². The topological polar surface area (TPSA) is 144 Å². The number of carboxylic acid groups (broad SMARTS) is 2. The smallest absolute Gasteiger partial charge is 0.335 e. The van der Waals surface area contributed by atoms with Gasteiger partial charge in [0.1, 0.15) is 0 Å². The van der Waals surface area contributed by atoms with Crippen LogP contribution in [0.4, 0.5) is 0 Å². The number of aliphatic hydroxyl groups excluding tert-OH is 2. The molecule has 0 aliphatic heterocycles. The van der Waals surface area contributed by atoms with E-state index >= 15 is 0 Å². The lowest BCUT2D eigenvalue weighted by molar-refractivity contribution is -0.165. The van der Waals surface area contributed by atoms with Crippen molar-refractivity contribution in [1.29, 1.82) is 0 Å². The summed E-state index contributed by atoms with van der Waals surface area (Å²) in [6, 6.07) is 20.3. The zero-order chi connectivity index (χ0) is 20.8. The van der Waals surface area contributed by atoms with Crippen molar-refractivity contribution >= 4 is 11.9 Å². The maximum atomic E-state index is 9.77. The number of carbonyl (C=O) groups is 2. The number of aliphatic carboxylic acids is 2. The fourth-order valence-corrected chi connectivity index (χ4v) is 1.88. The monoisotopic (exact) mass is 386 g/mol. The van der Waals surface area contributed by atoms with Gasteiger partial charge in [0.05, 0.1) is 0 Å². The zero-order valence-electron chi connectivity index (χ0n) is 14.9. The van der Waals surface area contributed by atoms with Crippen molar-refractivity contribution in [3.63, 3.8) is 0 Å². The quantitative estimate of drug-likeness (QED) is 0.448. The van der Waals surface area contributed by atoms with E-state index in [1.165, 1.54) is 11.3 Å². The predicted molar refractivity (Wildman–Crippen MR) is 102 cm³/mol. The summed E-state index contributed by atoms with van der Waals surface area (Å²) >= 11 is 0. The SMILES string of the molecule is O=C(O)C(O)C(O)C(=O)O.c1ccc(Cc2ccc[nH]2)cc1.c1ccncc1. The summed E-state index contributed by atoms with van der Waals surface area (Å²) in [5.74, 6) is -3.54. The Labute approximate surface area is 161 Å². The number of hydrogen-bond acceptors (Lipinski definition) is 5. The van der Waals surface area contributed by atoms with E-state index in [1.54, 1.807) is 12.4 Å². The lowest BCUT2D eigenvalue weighted by Crippen LogP contribution is -2.39. The Morgan fingerprint density at radius 3 is 1.71 bits per heavy atom. The van der Waals surface area contributed by atoms with E-state index in [4.69, 9.17) is 20.4 Å². The molecular weight excluding hydrogens is 364 g/mol. The number of pyridine rings is 1. The number of nitrogens with one attached hydrogen (secondary N) is 1. The molecule has 3 aromatic rings. The van der Waals surface area contributed by atoms with Crippen LogP contribution in [0, 0.1) is 0 Å². The minimum absolute atomic E-state index is 0.994. The Kier molecular flexibility index (Phi) is 10.3. The van der Waals surface area contributed by atoms with Gasteiger partial charge in [0.25, 0.3) is 0 Å². The molecule has 0 bridgehead atoms. The molecule has 0 saturated carbocycles. The highest BCUT2D eigenvalue weighted by molar-refractivity contribution is 5.83. The van der Waals surface area contributed by atoms with Gasteiger partial charge in [0, 0.05) is 30.7 Å². The van der Waals surface area contributed by atoms with E-state index in [2.05, 4.69) is 40.3 Å². The maximum Gasteiger partial charge on any atom is 0.335 e. The molecule has 0 fully saturated rings. The van der Waals surface area contributed by atoms with Gasteiger partial charge in [-0.05, 0) is 29.8 Å². The zero-order valence-corrected chi connectivity index (χ0v) is 14.9. The highest BCUT2D eigenvalue weighted by Crippen LogP contribution is 2.05. The maximum absolute atomic E-state index is 9.77. The van der Waals surface area contributed by atoms with Crippen molar-refractivity contribution in [3.8, 4) is 0 Å². The lowest BCUT2D eigenvalue weighted by Gasteiger charge is -2.07. The molecule has 0 aliphatic rings. The van der Waals surface area contributed by atoms with Gasteiger partial charge >= 0.3 is 11.9 Å². The molecule has 0 amide bonds. The Bertz CT molecular complexity index is 749. The summed E-state index contributed by atoms with van der Waals surface area (Å²) in [6.07, 6.45) is 1.92. The standard InChI is InChI=1S/C11H11N.C5H5N.C4H6O6/c1-2-5-10(6-3-1)9-11-7-4-8-12-11;1-2-4-6-5-3-1;5-1(3(7)8)2(6)4(9)10/h1-8,12H,9H2;1-5H;1-2,5-6H,(H,7,8)(H,9,10). The van der Waals surface area contributed by atoms with Crippen molar-refractivity contribution in [2.24, 2.45) is 0 Å². The number of hydrogen-bond donors (Lipinski definition) is 5. The largest absolute Gasteiger partial charge is 0.479 e. The van der Waals surface area contributed by atoms with Crippen LogP contribution in [0.25, 0.3) is 0 Å². The summed E-state index contributed by atoms with van der Waals surface area (Å²) in [5.41, 5.74) is 2.61. The molecular formula is C20H22N2O6. The second-order valence-electron chi connectivity index (χ2n) is 5.45. The molecule has 8 nitrogen and oxygen atoms in total. The summed E-state index contributed by atoms with van der Waals surface area (Å²) < 4.78 is 0. The molecule has 0 saturated heterocycles. The molecule has 148 valence electrons. The van der Waals surface area contributed by atoms with Crippen molar-refractivity contribution in [2.75, 3.05) is 0 Å². The van der Waals surface area contributed by atoms with Crippen LogP contribution in [-0.4, -0.2) is 54.5 Å². The van der Waals surface area contributed by atoms with Crippen LogP contribution in [0.2, 0.25) is 0 Å². The van der Waals surface area contributed by atoms with Gasteiger partial charge in [-0.1, -0.05) is 36.4 Å². The van der Waals surface area contributed by atoms with E-state index in [-0.39, 0.29) is 0 Å². The first-order valence-corrected chi connectivity index (χ1v) is 8.24. The summed E-state index contributed by atoms with van der Waals surface area (Å²) in [4.78, 5) is 26.5. The first kappa shape index (κ1) is 22.6. The summed E-state index contributed by atoms with van der Waals surface area (Å²) in [5, 5.41) is 32.5. The normalized spacial score (nSPS) is 11.6. The van der Waals surface area contributed by atoms with Crippen molar-refractivity contribution in [1.82, 2.24) is 9.97 Å². The highest BCUT2D eigenvalue weighted by Gasteiger charge is 2.29. The van der Waals surface area contributed by atoms with Gasteiger partial charge in [0.2, 0.25) is 0 Å². The third kappa shape index (κ3) is 9.27. The fourth-order valence-electron chi connectivity index (χ4n) is 1.88. The van der Waals surface area contributed by atoms with Gasteiger partial charge in [-0.25, -0.2) is 9.59 Å². The molecule has 0 aliphatic carbocycles. The first-order valence-electron chi connectivity index (χ1n) is 8.24. The molecule has 28 heavy (non-hydrogen) atoms. The van der Waals surface area contributed by atoms with Crippen molar-refractivity contribution in [3.05, 3.63) is 90.5 Å². The van der Waals surface area contributed by atoms with Crippen LogP contribution in [0.1, 0.15) is 11.3 Å². The molecule has 2 unspecified atom stereocenters. The molecule has 1 aromatic carbocycles. The Hall–Kier alpha value is -3.49. The van der Waals surface area contributed by atoms with Crippen LogP contribution in [-0.2, 0) is 16.0 Å². The van der Waals surface area contributed by atoms with Crippen LogP contribution in [0.5, 0.6) is 0 Å². The van der Waals surface area contributed by atoms with E-state index < -0.39 is 24.1 Å². The number of aromatic amines is 1. The Morgan fingerprint density at radius 1 is 0.821 bits per heavy atom. The van der Waals surface area contributed by atoms with E-state index in [0.717, 1.165) is 6.42 Å². The third-order valence-electron chi connectivity index (χ3n) is 3.27. The Balaban J connectivity index is 0.000000222. The highest BCUT2D eigenvalue weighted by atomic mass is 16.4. The number of rotatable bonds is 5. The fraction of sp³-hybridized carbons (Fsp3) is 0.150. The number of aromatic nitrogens is 2. The molecule has 2 heterocycles. The number of carboxylic acids is 2. The second kappa shape index (κ2) is 12.8. The molecule has 0 spiro atoms. The van der Waals surface area contributed by atoms with Crippen molar-refractivity contribution < 1.29 is 30.0 Å². The molecule has 3 rings (SSSR count). The average molecular weight is 386 g/mol. The lowest BCUT2D eigenvalue weighted by atomic mass is 10.1. The molecule has 0 radical (unpaired) electrons. The number of benzene rings is 1. The van der Waals surface area contributed by atoms with Gasteiger partial charge in [-0.3, -0.25) is 4.98 Å². The molecule has 2 aromatic heterocycles. The van der Waals surface area contributed by atoms with Gasteiger partial charge in [-0.15, -0.1) is 0 Å². The summed E-state index contributed by atoms with van der Waals surface area (Å²) in [6.45, 7) is 0. The molecule has 2 atom stereocenters. The first-order chi connectivity index (χ1) is 13.4. The Morgan fingerprint density at radius 2 is 1.36 bits per heavy atom. The van der Waals surface area contributed by atoms with Crippen molar-refractivity contribution in [2.45, 2.75) is 18.6 Å². The minimum Gasteiger partial charge on any atom is -0.479 e. The van der Waals surface area contributed by atoms with E-state index in [9.17, 15) is 9.59 Å². The van der Waals surface area contributed by atoms with Crippen LogP contribution >= 0.6 is 0 Å². The van der Waals surface area contributed by atoms with Crippen LogP contribution in [0.15, 0.2) is 79.3 Å². The third-order valence-corrected chi connectivity index (χ3v) is 3.27. The average Bonchev–Trinajstić information content (AvgIpc) is 3.23. The molecule has 8 heteroatoms. The summed E-state index contributed by atoms with van der Waals surface area (Å²) in [7, 11) is 0. The van der Waals surface area contributed by atoms with E-state index in [0.29, 0.717) is 0 Å². The predicted octanol–water partition coefficient (Wildman–Crippen LogP) is 1.56. The van der Waals surface area contributed by atoms with Gasteiger partial charge in [-0.2, -0.15) is 0 Å². The number of nitrogens with zero attached hydrogens (tertiary/aromatic N) is 1. The molecule has 5 N–H and O–H groups in total. The van der Waals surface area contributed by atoms with Crippen LogP contribution < -0.4 is 0 Å². The second-order valence-corrected chi connectivity index (χ2v) is 5.45. The number of H-pyrrole nitrogens is 1. The minimum atomic E-state index is -2.27. The van der Waals surface area contributed by atoms with E-state index in [1.807, 2.05) is 36.5 Å².